The molecule has 1 aromatic rings. The Labute approximate surface area is 116 Å². The van der Waals surface area contributed by atoms with E-state index in [1.54, 1.807) is 0 Å². The number of aliphatic hydroxyl groups excluding tert-OH is 1. The minimum Gasteiger partial charge on any atom is -0.395 e. The lowest BCUT2D eigenvalue weighted by Gasteiger charge is -2.42. The molecule has 0 amide bonds. The zero-order valence-corrected chi connectivity index (χ0v) is 11.9. The zero-order chi connectivity index (χ0) is 13.7. The predicted octanol–water partition coefficient (Wildman–Crippen LogP) is 1.75. The molecule has 1 aliphatic carbocycles. The lowest BCUT2D eigenvalue weighted by Crippen LogP contribution is -2.50. The fraction of sp³-hybridized carbons (Fsp3) is 0.625. The molecule has 3 heteroatoms. The van der Waals surface area contributed by atoms with Crippen LogP contribution in [0.5, 0.6) is 0 Å². The molecule has 3 nitrogen and oxygen atoms in total. The van der Waals surface area contributed by atoms with Crippen molar-refractivity contribution in [3.63, 3.8) is 0 Å². The monoisotopic (exact) mass is 262 g/mol. The molecular weight excluding hydrogens is 236 g/mol. The number of benzene rings is 1. The van der Waals surface area contributed by atoms with Gasteiger partial charge in [0.2, 0.25) is 0 Å². The molecule has 1 aromatic carbocycles. The summed E-state index contributed by atoms with van der Waals surface area (Å²) in [6.45, 7) is 4.77. The van der Waals surface area contributed by atoms with Crippen LogP contribution < -0.4 is 5.73 Å². The summed E-state index contributed by atoms with van der Waals surface area (Å²) in [6.07, 6.45) is 3.84. The van der Waals surface area contributed by atoms with Crippen molar-refractivity contribution >= 4 is 0 Å². The Hall–Kier alpha value is -0.900. The maximum Gasteiger partial charge on any atom is 0.0558 e. The van der Waals surface area contributed by atoms with Gasteiger partial charge in [-0.3, -0.25) is 4.90 Å². The topological polar surface area (TPSA) is 49.5 Å². The van der Waals surface area contributed by atoms with E-state index in [1.807, 2.05) is 6.07 Å². The molecule has 0 aliphatic heterocycles. The second-order valence-electron chi connectivity index (χ2n) is 5.91. The van der Waals surface area contributed by atoms with Crippen LogP contribution in [0.25, 0.3) is 0 Å². The number of nitrogens with zero attached hydrogens (tertiary/aromatic N) is 1. The molecule has 106 valence electrons. The van der Waals surface area contributed by atoms with Crippen molar-refractivity contribution < 1.29 is 5.11 Å². The standard InChI is InChI=1S/C16H26N2O/c1-16(12-17,14-6-3-2-4-7-14)13-18(10-11-19)15-8-5-9-15/h2-4,6-7,15,19H,5,8-13,17H2,1H3. The molecular formula is C16H26N2O. The van der Waals surface area contributed by atoms with Crippen molar-refractivity contribution in [2.45, 2.75) is 37.6 Å². The third-order valence-corrected chi connectivity index (χ3v) is 4.45. The largest absolute Gasteiger partial charge is 0.395 e. The van der Waals surface area contributed by atoms with Gasteiger partial charge >= 0.3 is 0 Å². The fourth-order valence-electron chi connectivity index (χ4n) is 2.83. The van der Waals surface area contributed by atoms with E-state index >= 15 is 0 Å². The zero-order valence-electron chi connectivity index (χ0n) is 11.9. The molecule has 1 atom stereocenters. The fourth-order valence-corrected chi connectivity index (χ4v) is 2.83. The molecule has 0 heterocycles. The summed E-state index contributed by atoms with van der Waals surface area (Å²) in [7, 11) is 0. The van der Waals surface area contributed by atoms with Crippen molar-refractivity contribution in [3.05, 3.63) is 35.9 Å². The second-order valence-corrected chi connectivity index (χ2v) is 5.91. The Morgan fingerprint density at radius 3 is 2.47 bits per heavy atom. The molecule has 0 spiro atoms. The Morgan fingerprint density at radius 2 is 2.00 bits per heavy atom. The minimum absolute atomic E-state index is 0.0357. The van der Waals surface area contributed by atoms with Crippen molar-refractivity contribution in [1.82, 2.24) is 4.90 Å². The maximum atomic E-state index is 9.27. The lowest BCUT2D eigenvalue weighted by atomic mass is 9.80. The SMILES string of the molecule is CC(CN)(CN(CCO)C1CCC1)c1ccccc1. The molecule has 1 unspecified atom stereocenters. The van der Waals surface area contributed by atoms with Crippen molar-refractivity contribution in [2.75, 3.05) is 26.2 Å². The van der Waals surface area contributed by atoms with Gasteiger partial charge in [-0.05, 0) is 18.4 Å². The van der Waals surface area contributed by atoms with Gasteiger partial charge in [0, 0.05) is 31.1 Å². The summed E-state index contributed by atoms with van der Waals surface area (Å²) in [4.78, 5) is 2.42. The molecule has 1 fully saturated rings. The Balaban J connectivity index is 2.11. The molecule has 0 aromatic heterocycles. The van der Waals surface area contributed by atoms with Gasteiger partial charge in [-0.1, -0.05) is 43.7 Å². The van der Waals surface area contributed by atoms with E-state index in [-0.39, 0.29) is 12.0 Å². The van der Waals surface area contributed by atoms with E-state index in [9.17, 15) is 5.11 Å². The Morgan fingerprint density at radius 1 is 1.32 bits per heavy atom. The highest BCUT2D eigenvalue weighted by Gasteiger charge is 2.32. The van der Waals surface area contributed by atoms with Crippen LogP contribution in [0.1, 0.15) is 31.7 Å². The molecule has 1 saturated carbocycles. The first-order valence-corrected chi connectivity index (χ1v) is 7.30. The molecule has 0 radical (unpaired) electrons. The summed E-state index contributed by atoms with van der Waals surface area (Å²) in [5, 5.41) is 9.27. The van der Waals surface area contributed by atoms with E-state index in [2.05, 4.69) is 36.1 Å². The van der Waals surface area contributed by atoms with Crippen LogP contribution >= 0.6 is 0 Å². The maximum absolute atomic E-state index is 9.27. The smallest absolute Gasteiger partial charge is 0.0558 e. The first-order chi connectivity index (χ1) is 9.19. The van der Waals surface area contributed by atoms with Gasteiger partial charge in [0.05, 0.1) is 6.61 Å². The molecule has 0 saturated heterocycles. The van der Waals surface area contributed by atoms with Crippen LogP contribution in [0.4, 0.5) is 0 Å². The molecule has 2 rings (SSSR count). The summed E-state index contributed by atoms with van der Waals surface area (Å²) in [5.74, 6) is 0. The van der Waals surface area contributed by atoms with Gasteiger partial charge in [0.15, 0.2) is 0 Å². The summed E-state index contributed by atoms with van der Waals surface area (Å²) >= 11 is 0. The van der Waals surface area contributed by atoms with Gasteiger partial charge < -0.3 is 10.8 Å². The van der Waals surface area contributed by atoms with E-state index in [0.29, 0.717) is 12.6 Å². The van der Waals surface area contributed by atoms with Gasteiger partial charge in [-0.25, -0.2) is 0 Å². The van der Waals surface area contributed by atoms with Gasteiger partial charge in [-0.2, -0.15) is 0 Å². The predicted molar refractivity (Wildman–Crippen MR) is 79.1 cm³/mol. The van der Waals surface area contributed by atoms with E-state index in [4.69, 9.17) is 5.73 Å². The Kier molecular flexibility index (Phi) is 4.97. The van der Waals surface area contributed by atoms with E-state index in [1.165, 1.54) is 24.8 Å². The van der Waals surface area contributed by atoms with Crippen LogP contribution in [0, 0.1) is 0 Å². The highest BCUT2D eigenvalue weighted by Crippen LogP contribution is 2.30. The van der Waals surface area contributed by atoms with Crippen molar-refractivity contribution in [3.8, 4) is 0 Å². The second kappa shape index (κ2) is 6.51. The number of rotatable bonds is 7. The van der Waals surface area contributed by atoms with Crippen LogP contribution in [-0.4, -0.2) is 42.3 Å². The third-order valence-electron chi connectivity index (χ3n) is 4.45. The molecule has 0 bridgehead atoms. The Bertz CT molecular complexity index is 378. The van der Waals surface area contributed by atoms with Crippen molar-refractivity contribution in [2.24, 2.45) is 5.73 Å². The summed E-state index contributed by atoms with van der Waals surface area (Å²) < 4.78 is 0. The highest BCUT2D eigenvalue weighted by atomic mass is 16.3. The number of hydrogen-bond acceptors (Lipinski definition) is 3. The van der Waals surface area contributed by atoms with Crippen molar-refractivity contribution in [1.29, 1.82) is 0 Å². The molecule has 19 heavy (non-hydrogen) atoms. The quantitative estimate of drug-likeness (QED) is 0.787. The van der Waals surface area contributed by atoms with Gasteiger partial charge in [0.1, 0.15) is 0 Å². The third kappa shape index (κ3) is 3.35. The number of aliphatic hydroxyl groups is 1. The van der Waals surface area contributed by atoms with Gasteiger partial charge in [0.25, 0.3) is 0 Å². The van der Waals surface area contributed by atoms with E-state index in [0.717, 1.165) is 13.1 Å². The van der Waals surface area contributed by atoms with Crippen LogP contribution in [-0.2, 0) is 5.41 Å². The first kappa shape index (κ1) is 14.5. The van der Waals surface area contributed by atoms with Gasteiger partial charge in [-0.15, -0.1) is 0 Å². The molecule has 3 N–H and O–H groups in total. The average molecular weight is 262 g/mol. The average Bonchev–Trinajstić information content (AvgIpc) is 2.38. The molecule has 1 aliphatic rings. The van der Waals surface area contributed by atoms with Crippen LogP contribution in [0.3, 0.4) is 0 Å². The minimum atomic E-state index is -0.0357. The first-order valence-electron chi connectivity index (χ1n) is 7.30. The normalized spacial score (nSPS) is 19.2. The number of nitrogens with two attached hydrogens (primary N) is 1. The van der Waals surface area contributed by atoms with Crippen LogP contribution in [0.2, 0.25) is 0 Å². The number of hydrogen-bond donors (Lipinski definition) is 2. The summed E-state index contributed by atoms with van der Waals surface area (Å²) in [6, 6.07) is 11.1. The van der Waals surface area contributed by atoms with E-state index < -0.39 is 0 Å². The highest BCUT2D eigenvalue weighted by molar-refractivity contribution is 5.25. The lowest BCUT2D eigenvalue weighted by molar-refractivity contribution is 0.0805. The van der Waals surface area contributed by atoms with Crippen LogP contribution in [0.15, 0.2) is 30.3 Å². The summed E-state index contributed by atoms with van der Waals surface area (Å²) in [5.41, 5.74) is 7.31.